The lowest BCUT2D eigenvalue weighted by molar-refractivity contribution is -0.141. The van der Waals surface area contributed by atoms with Crippen LogP contribution >= 0.6 is 0 Å². The molecule has 1 aromatic carbocycles. The van der Waals surface area contributed by atoms with Gasteiger partial charge in [0.05, 0.1) is 12.1 Å². The number of nitrogens with one attached hydrogen (secondary N) is 1. The molecule has 0 spiro atoms. The summed E-state index contributed by atoms with van der Waals surface area (Å²) < 4.78 is 5.61. The molecule has 0 saturated heterocycles. The van der Waals surface area contributed by atoms with Gasteiger partial charge in [0.1, 0.15) is 17.7 Å². The van der Waals surface area contributed by atoms with Gasteiger partial charge in [-0.05, 0) is 37.7 Å². The van der Waals surface area contributed by atoms with Gasteiger partial charge in [-0.2, -0.15) is 5.26 Å². The summed E-state index contributed by atoms with van der Waals surface area (Å²) >= 11 is 0. The molecule has 3 amide bonds. The summed E-state index contributed by atoms with van der Waals surface area (Å²) in [5.74, 6) is -0.705. The number of nitriles is 1. The van der Waals surface area contributed by atoms with Crippen molar-refractivity contribution < 1.29 is 19.1 Å². The van der Waals surface area contributed by atoms with E-state index in [9.17, 15) is 14.4 Å². The highest BCUT2D eigenvalue weighted by molar-refractivity contribution is 5.93. The summed E-state index contributed by atoms with van der Waals surface area (Å²) in [6.45, 7) is 18.7. The molecule has 216 valence electrons. The standard InChI is InChI=1S/C31H48N4O4/c1-21(2)23(19-16-20-32)34(11)27(37)24(29(3,4)5)33-26(36)25(35(12)28(38)39-30(6,7)8)31(9,10)22-17-14-13-15-18-22/h13-19,21,23-25H,1-12H3,(H,33,36)/t23-,24-,25-/m1/s1. The van der Waals surface area contributed by atoms with Crippen molar-refractivity contribution in [1.82, 2.24) is 15.1 Å². The maximum Gasteiger partial charge on any atom is 0.410 e. The van der Waals surface area contributed by atoms with Crippen LogP contribution in [-0.2, 0) is 19.7 Å². The Bertz CT molecular complexity index is 1060. The number of carbonyl (C=O) groups is 3. The molecule has 0 aliphatic carbocycles. The predicted octanol–water partition coefficient (Wildman–Crippen LogP) is 5.29. The Morgan fingerprint density at radius 1 is 0.949 bits per heavy atom. The van der Waals surface area contributed by atoms with E-state index in [2.05, 4.69) is 5.32 Å². The van der Waals surface area contributed by atoms with E-state index >= 15 is 0 Å². The van der Waals surface area contributed by atoms with Gasteiger partial charge in [0.25, 0.3) is 0 Å². The molecule has 1 N–H and O–H groups in total. The van der Waals surface area contributed by atoms with Crippen molar-refractivity contribution in [2.75, 3.05) is 14.1 Å². The van der Waals surface area contributed by atoms with Crippen molar-refractivity contribution in [1.29, 1.82) is 5.26 Å². The van der Waals surface area contributed by atoms with Gasteiger partial charge in [-0.1, -0.05) is 84.9 Å². The van der Waals surface area contributed by atoms with Gasteiger partial charge < -0.3 is 15.0 Å². The van der Waals surface area contributed by atoms with Gasteiger partial charge in [0.2, 0.25) is 11.8 Å². The van der Waals surface area contributed by atoms with Crippen LogP contribution in [0, 0.1) is 22.7 Å². The van der Waals surface area contributed by atoms with Gasteiger partial charge in [0.15, 0.2) is 0 Å². The summed E-state index contributed by atoms with van der Waals surface area (Å²) in [7, 11) is 3.22. The third kappa shape index (κ3) is 9.12. The SMILES string of the molecule is CC(C)[C@@H](C=CC#N)N(C)C(=O)[C@@H](NC(=O)[C@@H](N(C)C(=O)OC(C)(C)C)C(C)(C)c1ccccc1)C(C)(C)C. The van der Waals surface area contributed by atoms with Crippen LogP contribution in [-0.4, -0.2) is 65.5 Å². The first-order chi connectivity index (χ1) is 17.8. The fourth-order valence-electron chi connectivity index (χ4n) is 4.61. The second-order valence-corrected chi connectivity index (χ2v) is 13.1. The highest BCUT2D eigenvalue weighted by atomic mass is 16.6. The van der Waals surface area contributed by atoms with Gasteiger partial charge in [-0.3, -0.25) is 14.5 Å². The molecule has 0 aliphatic rings. The third-order valence-corrected chi connectivity index (χ3v) is 6.76. The minimum Gasteiger partial charge on any atom is -0.444 e. The Morgan fingerprint density at radius 2 is 1.49 bits per heavy atom. The summed E-state index contributed by atoms with van der Waals surface area (Å²) in [6.07, 6.45) is 2.43. The molecule has 0 aliphatic heterocycles. The molecule has 3 atom stereocenters. The average molecular weight is 541 g/mol. The van der Waals surface area contributed by atoms with E-state index in [1.54, 1.807) is 45.8 Å². The number of benzene rings is 1. The Labute approximate surface area is 235 Å². The molecule has 0 unspecified atom stereocenters. The molecule has 0 fully saturated rings. The fraction of sp³-hybridized carbons (Fsp3) is 0.613. The second-order valence-electron chi connectivity index (χ2n) is 13.1. The number of hydrogen-bond acceptors (Lipinski definition) is 5. The van der Waals surface area contributed by atoms with Crippen LogP contribution < -0.4 is 5.32 Å². The summed E-state index contributed by atoms with van der Waals surface area (Å²) in [4.78, 5) is 44.1. The van der Waals surface area contributed by atoms with E-state index in [1.165, 1.54) is 11.0 Å². The molecule has 8 heteroatoms. The molecule has 39 heavy (non-hydrogen) atoms. The van der Waals surface area contributed by atoms with Gasteiger partial charge >= 0.3 is 6.09 Å². The zero-order valence-electron chi connectivity index (χ0n) is 25.8. The van der Waals surface area contributed by atoms with E-state index in [4.69, 9.17) is 10.00 Å². The molecule has 0 saturated carbocycles. The normalized spacial score (nSPS) is 14.8. The first-order valence-electron chi connectivity index (χ1n) is 13.4. The zero-order valence-corrected chi connectivity index (χ0v) is 25.8. The number of ether oxygens (including phenoxy) is 1. The summed E-state index contributed by atoms with van der Waals surface area (Å²) in [5, 5.41) is 12.0. The van der Waals surface area contributed by atoms with Crippen molar-refractivity contribution in [2.24, 2.45) is 11.3 Å². The zero-order chi connectivity index (χ0) is 30.3. The van der Waals surface area contributed by atoms with Crippen molar-refractivity contribution >= 4 is 17.9 Å². The second kappa shape index (κ2) is 13.1. The van der Waals surface area contributed by atoms with E-state index in [-0.39, 0.29) is 17.9 Å². The molecular weight excluding hydrogens is 492 g/mol. The van der Waals surface area contributed by atoms with E-state index < -0.39 is 40.5 Å². The highest BCUT2D eigenvalue weighted by Crippen LogP contribution is 2.32. The highest BCUT2D eigenvalue weighted by Gasteiger charge is 2.45. The molecule has 8 nitrogen and oxygen atoms in total. The Morgan fingerprint density at radius 3 is 1.92 bits per heavy atom. The number of hydrogen-bond donors (Lipinski definition) is 1. The summed E-state index contributed by atoms with van der Waals surface area (Å²) in [6, 6.07) is 9.26. The van der Waals surface area contributed by atoms with Crippen molar-refractivity contribution in [3.63, 3.8) is 0 Å². The Balaban J connectivity index is 3.55. The third-order valence-electron chi connectivity index (χ3n) is 6.76. The predicted molar refractivity (Wildman–Crippen MR) is 155 cm³/mol. The van der Waals surface area contributed by atoms with E-state index in [0.29, 0.717) is 0 Å². The minimum atomic E-state index is -0.989. The topological polar surface area (TPSA) is 103 Å². The molecule has 0 bridgehead atoms. The average Bonchev–Trinajstić information content (AvgIpc) is 2.80. The lowest BCUT2D eigenvalue weighted by atomic mass is 9.76. The lowest BCUT2D eigenvalue weighted by Gasteiger charge is -2.42. The molecule has 1 aromatic rings. The molecule has 1 rings (SSSR count). The summed E-state index contributed by atoms with van der Waals surface area (Å²) in [5.41, 5.74) is -1.37. The minimum absolute atomic E-state index is 0.0444. The van der Waals surface area contributed by atoms with Gasteiger partial charge in [-0.25, -0.2) is 4.79 Å². The molecule has 0 radical (unpaired) electrons. The van der Waals surface area contributed by atoms with Gasteiger partial charge in [0, 0.05) is 25.6 Å². The number of allylic oxidation sites excluding steroid dienone is 1. The van der Waals surface area contributed by atoms with E-state index in [1.807, 2.05) is 84.9 Å². The van der Waals surface area contributed by atoms with Crippen LogP contribution in [0.1, 0.15) is 74.8 Å². The van der Waals surface area contributed by atoms with Crippen LogP contribution in [0.25, 0.3) is 0 Å². The fourth-order valence-corrected chi connectivity index (χ4v) is 4.61. The van der Waals surface area contributed by atoms with Crippen molar-refractivity contribution in [3.8, 4) is 6.07 Å². The number of likely N-dealkylation sites (N-methyl/N-ethyl adjacent to an activating group) is 2. The van der Waals surface area contributed by atoms with Crippen LogP contribution in [0.4, 0.5) is 4.79 Å². The number of amides is 3. The lowest BCUT2D eigenvalue weighted by Crippen LogP contribution is -2.63. The number of nitrogens with zero attached hydrogens (tertiary/aromatic N) is 3. The first kappa shape index (κ1) is 33.7. The quantitative estimate of drug-likeness (QED) is 0.429. The maximum atomic E-state index is 14.1. The first-order valence-corrected chi connectivity index (χ1v) is 13.4. The van der Waals surface area contributed by atoms with Crippen molar-refractivity contribution in [3.05, 3.63) is 48.0 Å². The van der Waals surface area contributed by atoms with Crippen LogP contribution in [0.5, 0.6) is 0 Å². The van der Waals surface area contributed by atoms with Crippen LogP contribution in [0.3, 0.4) is 0 Å². The molecular formula is C31H48N4O4. The monoisotopic (exact) mass is 540 g/mol. The number of carbonyl (C=O) groups excluding carboxylic acids is 3. The van der Waals surface area contributed by atoms with Crippen molar-refractivity contribution in [2.45, 2.75) is 98.4 Å². The molecule has 0 heterocycles. The van der Waals surface area contributed by atoms with E-state index in [0.717, 1.165) is 5.56 Å². The Kier molecular flexibility index (Phi) is 11.4. The largest absolute Gasteiger partial charge is 0.444 e. The van der Waals surface area contributed by atoms with Gasteiger partial charge in [-0.15, -0.1) is 0 Å². The van der Waals surface area contributed by atoms with Crippen LogP contribution in [0.15, 0.2) is 42.5 Å². The molecule has 0 aromatic heterocycles. The maximum absolute atomic E-state index is 14.1. The smallest absolute Gasteiger partial charge is 0.410 e. The number of rotatable bonds is 9. The van der Waals surface area contributed by atoms with Crippen LogP contribution in [0.2, 0.25) is 0 Å². The Hall–Kier alpha value is -3.34.